The topological polar surface area (TPSA) is 53.1 Å². The van der Waals surface area contributed by atoms with Crippen LogP contribution >= 0.6 is 15.9 Å². The molecule has 0 spiro atoms. The van der Waals surface area contributed by atoms with E-state index in [0.29, 0.717) is 6.61 Å². The third-order valence-corrected chi connectivity index (χ3v) is 4.45. The molecule has 5 heteroatoms. The second kappa shape index (κ2) is 6.52. The molecule has 2 rings (SSSR count). The molecule has 1 aromatic carbocycles. The lowest BCUT2D eigenvalue weighted by atomic mass is 10.1. The molecule has 4 nitrogen and oxygen atoms in total. The highest BCUT2D eigenvalue weighted by molar-refractivity contribution is 9.10. The van der Waals surface area contributed by atoms with E-state index in [0.717, 1.165) is 51.4 Å². The zero-order chi connectivity index (χ0) is 15.6. The van der Waals surface area contributed by atoms with Gasteiger partial charge in [-0.05, 0) is 66.4 Å². The molecule has 21 heavy (non-hydrogen) atoms. The van der Waals surface area contributed by atoms with Gasteiger partial charge in [0.2, 0.25) is 0 Å². The van der Waals surface area contributed by atoms with Gasteiger partial charge in [0.25, 0.3) is 0 Å². The molecule has 0 unspecified atom stereocenters. The standard InChI is InChI=1S/C16H22BrN3O/c1-5-13-15(17)14(20(6-2)19-13)9-21-16-10(3)7-12(18)8-11(16)4/h7-8H,5-6,9,18H2,1-4H3. The number of hydrogen-bond acceptors (Lipinski definition) is 3. The van der Waals surface area contributed by atoms with Crippen LogP contribution in [0.2, 0.25) is 0 Å². The molecule has 2 N–H and O–H groups in total. The molecule has 0 atom stereocenters. The molecule has 0 saturated carbocycles. The molecule has 0 aliphatic rings. The molecule has 1 aromatic heterocycles. The van der Waals surface area contributed by atoms with Crippen molar-refractivity contribution in [1.29, 1.82) is 0 Å². The summed E-state index contributed by atoms with van der Waals surface area (Å²) in [5.41, 5.74) is 10.9. The van der Waals surface area contributed by atoms with Crippen LogP contribution in [0, 0.1) is 13.8 Å². The summed E-state index contributed by atoms with van der Waals surface area (Å²) < 4.78 is 9.09. The Morgan fingerprint density at radius 1 is 1.24 bits per heavy atom. The zero-order valence-electron chi connectivity index (χ0n) is 13.0. The number of aryl methyl sites for hydroxylation is 4. The van der Waals surface area contributed by atoms with E-state index in [2.05, 4.69) is 34.9 Å². The summed E-state index contributed by atoms with van der Waals surface area (Å²) in [6.45, 7) is 9.54. The first-order valence-electron chi connectivity index (χ1n) is 7.21. The number of nitrogens with zero attached hydrogens (tertiary/aromatic N) is 2. The molecule has 114 valence electrons. The Morgan fingerprint density at radius 3 is 2.38 bits per heavy atom. The quantitative estimate of drug-likeness (QED) is 0.828. The lowest BCUT2D eigenvalue weighted by Gasteiger charge is -2.14. The molecule has 1 heterocycles. The van der Waals surface area contributed by atoms with E-state index < -0.39 is 0 Å². The van der Waals surface area contributed by atoms with Gasteiger partial charge in [0.05, 0.1) is 15.9 Å². The van der Waals surface area contributed by atoms with Crippen molar-refractivity contribution in [3.05, 3.63) is 39.1 Å². The van der Waals surface area contributed by atoms with Crippen LogP contribution in [0.3, 0.4) is 0 Å². The molecule has 0 amide bonds. The van der Waals surface area contributed by atoms with Crippen LogP contribution in [0.1, 0.15) is 36.4 Å². The molecule has 0 radical (unpaired) electrons. The van der Waals surface area contributed by atoms with Crippen molar-refractivity contribution >= 4 is 21.6 Å². The summed E-state index contributed by atoms with van der Waals surface area (Å²) in [7, 11) is 0. The number of rotatable bonds is 5. The van der Waals surface area contributed by atoms with Gasteiger partial charge in [0.1, 0.15) is 12.4 Å². The van der Waals surface area contributed by atoms with Crippen LogP contribution in [-0.4, -0.2) is 9.78 Å². The van der Waals surface area contributed by atoms with Crippen LogP contribution in [0.5, 0.6) is 5.75 Å². The largest absolute Gasteiger partial charge is 0.487 e. The number of hydrogen-bond donors (Lipinski definition) is 1. The number of ether oxygens (including phenoxy) is 1. The molecule has 0 bridgehead atoms. The van der Waals surface area contributed by atoms with Crippen LogP contribution in [-0.2, 0) is 19.6 Å². The summed E-state index contributed by atoms with van der Waals surface area (Å²) in [5.74, 6) is 0.901. The summed E-state index contributed by atoms with van der Waals surface area (Å²) in [5, 5.41) is 4.59. The van der Waals surface area contributed by atoms with Crippen molar-refractivity contribution in [2.45, 2.75) is 47.3 Å². The maximum atomic E-state index is 6.04. The van der Waals surface area contributed by atoms with E-state index in [1.165, 1.54) is 0 Å². The third-order valence-electron chi connectivity index (χ3n) is 3.53. The predicted molar refractivity (Wildman–Crippen MR) is 89.6 cm³/mol. The van der Waals surface area contributed by atoms with Gasteiger partial charge in [-0.2, -0.15) is 5.10 Å². The molecular formula is C16H22BrN3O. The van der Waals surface area contributed by atoms with Gasteiger partial charge in [-0.3, -0.25) is 4.68 Å². The van der Waals surface area contributed by atoms with Crippen molar-refractivity contribution in [2.75, 3.05) is 5.73 Å². The second-order valence-corrected chi connectivity index (χ2v) is 5.94. The van der Waals surface area contributed by atoms with Gasteiger partial charge in [0, 0.05) is 12.2 Å². The highest BCUT2D eigenvalue weighted by Crippen LogP contribution is 2.29. The summed E-state index contributed by atoms with van der Waals surface area (Å²) in [6, 6.07) is 3.87. The lowest BCUT2D eigenvalue weighted by Crippen LogP contribution is -2.08. The van der Waals surface area contributed by atoms with E-state index in [1.807, 2.05) is 30.7 Å². The van der Waals surface area contributed by atoms with Gasteiger partial charge < -0.3 is 10.5 Å². The maximum Gasteiger partial charge on any atom is 0.131 e. The molecule has 0 aliphatic heterocycles. The summed E-state index contributed by atoms with van der Waals surface area (Å²) in [4.78, 5) is 0. The van der Waals surface area contributed by atoms with Gasteiger partial charge in [0.15, 0.2) is 0 Å². The average Bonchev–Trinajstić information content (AvgIpc) is 2.73. The normalized spacial score (nSPS) is 10.9. The number of aromatic nitrogens is 2. The Bertz CT molecular complexity index is 626. The Kier molecular flexibility index (Phi) is 4.93. The lowest BCUT2D eigenvalue weighted by molar-refractivity contribution is 0.288. The zero-order valence-corrected chi connectivity index (χ0v) is 14.6. The fourth-order valence-corrected chi connectivity index (χ4v) is 3.19. The first-order chi connectivity index (χ1) is 9.97. The van der Waals surface area contributed by atoms with Crippen LogP contribution in [0.15, 0.2) is 16.6 Å². The summed E-state index contributed by atoms with van der Waals surface area (Å²) >= 11 is 3.64. The molecule has 0 aliphatic carbocycles. The van der Waals surface area contributed by atoms with E-state index in [9.17, 15) is 0 Å². The van der Waals surface area contributed by atoms with Crippen molar-refractivity contribution in [3.8, 4) is 5.75 Å². The summed E-state index contributed by atoms with van der Waals surface area (Å²) in [6.07, 6.45) is 0.903. The number of benzene rings is 1. The van der Waals surface area contributed by atoms with Crippen LogP contribution in [0.25, 0.3) is 0 Å². The average molecular weight is 352 g/mol. The van der Waals surface area contributed by atoms with Crippen LogP contribution in [0.4, 0.5) is 5.69 Å². The minimum atomic E-state index is 0.493. The van der Waals surface area contributed by atoms with E-state index in [-0.39, 0.29) is 0 Å². The number of halogens is 1. The smallest absolute Gasteiger partial charge is 0.131 e. The molecule has 2 aromatic rings. The Hall–Kier alpha value is -1.49. The van der Waals surface area contributed by atoms with E-state index in [4.69, 9.17) is 10.5 Å². The van der Waals surface area contributed by atoms with E-state index >= 15 is 0 Å². The first-order valence-corrected chi connectivity index (χ1v) is 8.00. The molecule has 0 saturated heterocycles. The Morgan fingerprint density at radius 2 is 1.86 bits per heavy atom. The number of anilines is 1. The fourth-order valence-electron chi connectivity index (χ4n) is 2.51. The molecular weight excluding hydrogens is 330 g/mol. The SMILES string of the molecule is CCc1nn(CC)c(COc2c(C)cc(N)cc2C)c1Br. The first kappa shape index (κ1) is 15.9. The van der Waals surface area contributed by atoms with Crippen LogP contribution < -0.4 is 10.5 Å². The third kappa shape index (κ3) is 3.23. The molecule has 0 fully saturated rings. The minimum absolute atomic E-state index is 0.493. The van der Waals surface area contributed by atoms with Crippen molar-refractivity contribution < 1.29 is 4.74 Å². The van der Waals surface area contributed by atoms with Gasteiger partial charge in [-0.15, -0.1) is 0 Å². The highest BCUT2D eigenvalue weighted by atomic mass is 79.9. The number of nitrogens with two attached hydrogens (primary N) is 1. The monoisotopic (exact) mass is 351 g/mol. The van der Waals surface area contributed by atoms with Crippen molar-refractivity contribution in [2.24, 2.45) is 0 Å². The second-order valence-electron chi connectivity index (χ2n) is 5.15. The van der Waals surface area contributed by atoms with Gasteiger partial charge >= 0.3 is 0 Å². The maximum absolute atomic E-state index is 6.04. The highest BCUT2D eigenvalue weighted by Gasteiger charge is 2.15. The minimum Gasteiger partial charge on any atom is -0.487 e. The van der Waals surface area contributed by atoms with Gasteiger partial charge in [-0.1, -0.05) is 6.92 Å². The fraction of sp³-hybridized carbons (Fsp3) is 0.438. The predicted octanol–water partition coefficient (Wildman–Crippen LogP) is 4.01. The van der Waals surface area contributed by atoms with E-state index in [1.54, 1.807) is 0 Å². The Balaban J connectivity index is 2.26. The Labute approximate surface area is 134 Å². The van der Waals surface area contributed by atoms with Gasteiger partial charge in [-0.25, -0.2) is 0 Å². The van der Waals surface area contributed by atoms with Crippen molar-refractivity contribution in [1.82, 2.24) is 9.78 Å². The number of nitrogen functional groups attached to an aromatic ring is 1. The van der Waals surface area contributed by atoms with Crippen molar-refractivity contribution in [3.63, 3.8) is 0 Å².